The first-order valence-electron chi connectivity index (χ1n) is 12.1. The van der Waals surface area contributed by atoms with Crippen LogP contribution in [-0.4, -0.2) is 41.8 Å². The minimum atomic E-state index is -4.45. The number of methoxy groups -OCH3 is 1. The van der Waals surface area contributed by atoms with Gasteiger partial charge in [0.2, 0.25) is 21.7 Å². The summed E-state index contributed by atoms with van der Waals surface area (Å²) in [5, 5.41) is 10.8. The Morgan fingerprint density at radius 2 is 1.74 bits per heavy atom. The van der Waals surface area contributed by atoms with E-state index in [1.165, 1.54) is 54.3 Å². The lowest BCUT2D eigenvalue weighted by Gasteiger charge is -2.24. The van der Waals surface area contributed by atoms with E-state index in [9.17, 15) is 22.7 Å². The molecule has 0 aliphatic heterocycles. The summed E-state index contributed by atoms with van der Waals surface area (Å²) in [6.07, 6.45) is 3.74. The molecule has 1 N–H and O–H groups in total. The number of hydrogen-bond acceptors (Lipinski definition) is 7. The van der Waals surface area contributed by atoms with Crippen LogP contribution in [0.1, 0.15) is 30.3 Å². The monoisotopic (exact) mass is 535 g/mol. The molecule has 2 heterocycles. The number of ether oxygens (including phenoxy) is 1. The molecule has 0 unspecified atom stereocenters. The van der Waals surface area contributed by atoms with Crippen molar-refractivity contribution < 1.29 is 22.7 Å². The molecule has 1 fully saturated rings. The molecule has 2 aromatic heterocycles. The standard InChI is InChI=1S/C28H26FN3O5S/c1-37-17-23(20-5-3-2-4-6-20)32-25(15-18-7-8-18)31-27(33)26(28(32)34)38(35,36)22-12-9-19(10-13-22)21-11-14-24(29)30-16-21/h2-6,9-14,16,18,23,33H,7-8,15,17H2,1H3/t23-/m0/s1. The highest BCUT2D eigenvalue weighted by Gasteiger charge is 2.34. The lowest BCUT2D eigenvalue weighted by Crippen LogP contribution is -2.35. The Kier molecular flexibility index (Phi) is 7.09. The molecule has 1 saturated carbocycles. The average Bonchev–Trinajstić information content (AvgIpc) is 3.73. The fourth-order valence-electron chi connectivity index (χ4n) is 4.47. The van der Waals surface area contributed by atoms with Crippen LogP contribution in [-0.2, 0) is 21.0 Å². The second-order valence-corrected chi connectivity index (χ2v) is 11.2. The minimum absolute atomic E-state index is 0.105. The zero-order valence-corrected chi connectivity index (χ0v) is 21.4. The average molecular weight is 536 g/mol. The summed E-state index contributed by atoms with van der Waals surface area (Å²) >= 11 is 0. The number of rotatable bonds is 9. The first kappa shape index (κ1) is 25.7. The van der Waals surface area contributed by atoms with Gasteiger partial charge in [0.25, 0.3) is 5.56 Å². The number of halogens is 1. The molecule has 196 valence electrons. The highest BCUT2D eigenvalue weighted by atomic mass is 32.2. The van der Waals surface area contributed by atoms with Crippen molar-refractivity contribution in [3.8, 4) is 17.0 Å². The van der Waals surface area contributed by atoms with Crippen LogP contribution in [0, 0.1) is 11.9 Å². The molecule has 4 aromatic rings. The number of aromatic nitrogens is 3. The van der Waals surface area contributed by atoms with Crippen molar-refractivity contribution in [1.82, 2.24) is 14.5 Å². The van der Waals surface area contributed by atoms with Gasteiger partial charge in [0.1, 0.15) is 5.82 Å². The first-order valence-corrected chi connectivity index (χ1v) is 13.6. The highest BCUT2D eigenvalue weighted by Crippen LogP contribution is 2.34. The Balaban J connectivity index is 1.62. The summed E-state index contributed by atoms with van der Waals surface area (Å²) in [5.74, 6) is -0.806. The maximum Gasteiger partial charge on any atom is 0.277 e. The van der Waals surface area contributed by atoms with Crippen LogP contribution in [0.25, 0.3) is 11.1 Å². The molecule has 1 aliphatic carbocycles. The maximum absolute atomic E-state index is 13.9. The summed E-state index contributed by atoms with van der Waals surface area (Å²) in [6.45, 7) is 0.105. The zero-order valence-electron chi connectivity index (χ0n) is 20.6. The van der Waals surface area contributed by atoms with E-state index in [0.29, 0.717) is 29.3 Å². The topological polar surface area (TPSA) is 111 Å². The van der Waals surface area contributed by atoms with Crippen molar-refractivity contribution in [3.63, 3.8) is 0 Å². The molecule has 0 amide bonds. The number of aromatic hydroxyl groups is 1. The van der Waals surface area contributed by atoms with Crippen molar-refractivity contribution in [1.29, 1.82) is 0 Å². The number of benzene rings is 2. The Morgan fingerprint density at radius 1 is 1.05 bits per heavy atom. The first-order chi connectivity index (χ1) is 18.3. The van der Waals surface area contributed by atoms with Crippen LogP contribution >= 0.6 is 0 Å². The number of nitrogens with zero attached hydrogens (tertiary/aromatic N) is 3. The largest absolute Gasteiger partial charge is 0.492 e. The third kappa shape index (κ3) is 5.09. The van der Waals surface area contributed by atoms with Gasteiger partial charge in [-0.2, -0.15) is 9.37 Å². The number of hydrogen-bond donors (Lipinski definition) is 1. The molecular weight excluding hydrogens is 509 g/mol. The molecule has 8 nitrogen and oxygen atoms in total. The number of pyridine rings is 1. The quantitative estimate of drug-likeness (QED) is 0.320. The van der Waals surface area contributed by atoms with Gasteiger partial charge >= 0.3 is 0 Å². The molecule has 5 rings (SSSR count). The fourth-order valence-corrected chi connectivity index (χ4v) is 5.82. The van der Waals surface area contributed by atoms with Crippen molar-refractivity contribution in [2.45, 2.75) is 35.1 Å². The summed E-state index contributed by atoms with van der Waals surface area (Å²) in [7, 11) is -2.95. The van der Waals surface area contributed by atoms with E-state index in [0.717, 1.165) is 18.4 Å². The predicted molar refractivity (Wildman–Crippen MR) is 138 cm³/mol. The van der Waals surface area contributed by atoms with Gasteiger partial charge in [-0.15, -0.1) is 0 Å². The van der Waals surface area contributed by atoms with E-state index in [4.69, 9.17) is 4.74 Å². The minimum Gasteiger partial charge on any atom is -0.492 e. The molecular formula is C28H26FN3O5S. The molecule has 0 bridgehead atoms. The predicted octanol–water partition coefficient (Wildman–Crippen LogP) is 4.17. The Morgan fingerprint density at radius 3 is 2.34 bits per heavy atom. The second kappa shape index (κ2) is 10.5. The van der Waals surface area contributed by atoms with Crippen molar-refractivity contribution in [2.24, 2.45) is 5.92 Å². The lowest BCUT2D eigenvalue weighted by molar-refractivity contribution is 0.165. The van der Waals surface area contributed by atoms with Gasteiger partial charge < -0.3 is 9.84 Å². The maximum atomic E-state index is 13.9. The van der Waals surface area contributed by atoms with E-state index < -0.39 is 38.2 Å². The summed E-state index contributed by atoms with van der Waals surface area (Å²) in [4.78, 5) is 20.8. The van der Waals surface area contributed by atoms with Crippen LogP contribution in [0.2, 0.25) is 0 Å². The Hall–Kier alpha value is -3.89. The molecule has 0 saturated heterocycles. The van der Waals surface area contributed by atoms with E-state index in [1.807, 2.05) is 30.3 Å². The molecule has 0 radical (unpaired) electrons. The third-order valence-corrected chi connectivity index (χ3v) is 8.40. The van der Waals surface area contributed by atoms with Crippen LogP contribution in [0.3, 0.4) is 0 Å². The van der Waals surface area contributed by atoms with Gasteiger partial charge in [0.05, 0.1) is 17.5 Å². The molecule has 2 aromatic carbocycles. The molecule has 10 heteroatoms. The normalized spacial score (nSPS) is 14.4. The second-order valence-electron chi connectivity index (χ2n) is 9.28. The van der Waals surface area contributed by atoms with Crippen LogP contribution in [0.4, 0.5) is 4.39 Å². The van der Waals surface area contributed by atoms with Crippen molar-refractivity contribution in [2.75, 3.05) is 13.7 Å². The van der Waals surface area contributed by atoms with E-state index in [1.54, 1.807) is 0 Å². The van der Waals surface area contributed by atoms with E-state index >= 15 is 0 Å². The summed E-state index contributed by atoms with van der Waals surface area (Å²) in [5.41, 5.74) is 1.10. The van der Waals surface area contributed by atoms with Crippen molar-refractivity contribution in [3.05, 3.63) is 101 Å². The lowest BCUT2D eigenvalue weighted by atomic mass is 10.1. The molecule has 1 atom stereocenters. The van der Waals surface area contributed by atoms with Crippen LogP contribution < -0.4 is 5.56 Å². The van der Waals surface area contributed by atoms with Gasteiger partial charge in [-0.3, -0.25) is 9.36 Å². The number of sulfone groups is 1. The third-order valence-electron chi connectivity index (χ3n) is 6.61. The molecule has 0 spiro atoms. The summed E-state index contributed by atoms with van der Waals surface area (Å²) < 4.78 is 47.3. The summed E-state index contributed by atoms with van der Waals surface area (Å²) in [6, 6.07) is 17.0. The fraction of sp³-hybridized carbons (Fsp3) is 0.250. The van der Waals surface area contributed by atoms with Gasteiger partial charge in [0, 0.05) is 25.3 Å². The Bertz CT molecular complexity index is 1600. The zero-order chi connectivity index (χ0) is 26.9. The SMILES string of the molecule is COC[C@@H](c1ccccc1)n1c(CC2CC2)nc(O)c(S(=O)(=O)c2ccc(-c3ccc(F)nc3)cc2)c1=O. The molecule has 1 aliphatic rings. The van der Waals surface area contributed by atoms with Crippen LogP contribution in [0.5, 0.6) is 5.88 Å². The van der Waals surface area contributed by atoms with E-state index in [2.05, 4.69) is 9.97 Å². The highest BCUT2D eigenvalue weighted by molar-refractivity contribution is 7.91. The van der Waals surface area contributed by atoms with Gasteiger partial charge in [0.15, 0.2) is 4.90 Å². The molecule has 38 heavy (non-hydrogen) atoms. The van der Waals surface area contributed by atoms with Crippen LogP contribution in [0.15, 0.2) is 87.5 Å². The smallest absolute Gasteiger partial charge is 0.277 e. The van der Waals surface area contributed by atoms with Gasteiger partial charge in [-0.25, -0.2) is 13.4 Å². The Labute approximate surface area is 219 Å². The van der Waals surface area contributed by atoms with Gasteiger partial charge in [-0.1, -0.05) is 42.5 Å². The van der Waals surface area contributed by atoms with E-state index in [-0.39, 0.29) is 11.5 Å². The van der Waals surface area contributed by atoms with Gasteiger partial charge in [-0.05, 0) is 54.2 Å². The van der Waals surface area contributed by atoms with Crippen molar-refractivity contribution >= 4 is 9.84 Å².